The van der Waals surface area contributed by atoms with Gasteiger partial charge < -0.3 is 19.4 Å². The first kappa shape index (κ1) is 21.8. The van der Waals surface area contributed by atoms with Gasteiger partial charge in [-0.25, -0.2) is 4.79 Å². The van der Waals surface area contributed by atoms with Crippen molar-refractivity contribution in [3.05, 3.63) is 64.1 Å². The first-order valence-electron chi connectivity index (χ1n) is 10.8. The molecule has 0 unspecified atom stereocenters. The van der Waals surface area contributed by atoms with E-state index in [1.807, 2.05) is 32.0 Å². The maximum Gasteiger partial charge on any atom is 0.420 e. The van der Waals surface area contributed by atoms with Crippen LogP contribution in [0.2, 0.25) is 0 Å². The van der Waals surface area contributed by atoms with Gasteiger partial charge >= 0.3 is 5.76 Å². The molecule has 1 saturated heterocycles. The first-order chi connectivity index (χ1) is 15.4. The third-order valence-corrected chi connectivity index (χ3v) is 5.88. The van der Waals surface area contributed by atoms with E-state index in [2.05, 4.69) is 5.32 Å². The number of rotatable bonds is 7. The highest BCUT2D eigenvalue weighted by atomic mass is 16.5. The van der Waals surface area contributed by atoms with Gasteiger partial charge in [0.25, 0.3) is 0 Å². The molecule has 1 aliphatic rings. The fraction of sp³-hybridized carbons (Fsp3) is 0.375. The predicted molar refractivity (Wildman–Crippen MR) is 121 cm³/mol. The minimum Gasteiger partial charge on any atom is -0.408 e. The minimum absolute atomic E-state index is 0.120. The summed E-state index contributed by atoms with van der Waals surface area (Å²) in [6, 6.07) is 12.6. The Kier molecular flexibility index (Phi) is 6.41. The van der Waals surface area contributed by atoms with E-state index >= 15 is 0 Å². The van der Waals surface area contributed by atoms with Crippen molar-refractivity contribution >= 4 is 28.6 Å². The van der Waals surface area contributed by atoms with Crippen LogP contribution in [0.1, 0.15) is 24.0 Å². The van der Waals surface area contributed by atoms with Crippen molar-refractivity contribution < 1.29 is 18.7 Å². The molecule has 1 N–H and O–H groups in total. The summed E-state index contributed by atoms with van der Waals surface area (Å²) in [7, 11) is 0. The number of benzene rings is 2. The molecule has 168 valence electrons. The van der Waals surface area contributed by atoms with E-state index < -0.39 is 5.76 Å². The van der Waals surface area contributed by atoms with Gasteiger partial charge in [0.1, 0.15) is 13.1 Å². The van der Waals surface area contributed by atoms with Crippen LogP contribution in [0.15, 0.2) is 51.7 Å². The van der Waals surface area contributed by atoms with Crippen molar-refractivity contribution in [1.29, 1.82) is 0 Å². The molecule has 4 rings (SSSR count). The summed E-state index contributed by atoms with van der Waals surface area (Å²) < 4.78 is 12.2. The van der Waals surface area contributed by atoms with Crippen molar-refractivity contribution in [2.45, 2.75) is 39.3 Å². The fourth-order valence-corrected chi connectivity index (χ4v) is 3.94. The molecule has 2 amide bonds. The number of hydrogen-bond donors (Lipinski definition) is 1. The molecule has 2 heterocycles. The third-order valence-electron chi connectivity index (χ3n) is 5.88. The normalized spacial score (nSPS) is 15.8. The second-order valence-electron chi connectivity index (χ2n) is 8.13. The van der Waals surface area contributed by atoms with Crippen LogP contribution >= 0.6 is 0 Å². The maximum atomic E-state index is 13.2. The molecule has 8 heteroatoms. The molecule has 8 nitrogen and oxygen atoms in total. The summed E-state index contributed by atoms with van der Waals surface area (Å²) in [5, 5.41) is 2.90. The average Bonchev–Trinajstić information content (AvgIpc) is 3.39. The lowest BCUT2D eigenvalue weighted by atomic mass is 10.1. The molecule has 2 aromatic carbocycles. The zero-order valence-corrected chi connectivity index (χ0v) is 18.3. The SMILES string of the molecule is Cc1cccc(NC(=O)CN(C[C@H]2CCCO2)C(=O)Cn2c(=O)oc3ccccc32)c1C. The summed E-state index contributed by atoms with van der Waals surface area (Å²) in [6.07, 6.45) is 1.63. The molecule has 1 aliphatic heterocycles. The van der Waals surface area contributed by atoms with E-state index in [0.717, 1.165) is 29.7 Å². The Balaban J connectivity index is 1.52. The van der Waals surface area contributed by atoms with Gasteiger partial charge in [0.15, 0.2) is 5.58 Å². The predicted octanol–water partition coefficient (Wildman–Crippen LogP) is 2.86. The minimum atomic E-state index is -0.601. The number of fused-ring (bicyclic) bond motifs is 1. The molecule has 0 saturated carbocycles. The number of ether oxygens (including phenoxy) is 1. The van der Waals surface area contributed by atoms with Crippen LogP contribution < -0.4 is 11.1 Å². The molecule has 3 aromatic rings. The van der Waals surface area contributed by atoms with Crippen LogP contribution in [-0.2, 0) is 20.9 Å². The summed E-state index contributed by atoms with van der Waals surface area (Å²) >= 11 is 0. The number of carbonyl (C=O) groups excluding carboxylic acids is 2. The molecule has 0 spiro atoms. The fourth-order valence-electron chi connectivity index (χ4n) is 3.94. The number of aryl methyl sites for hydroxylation is 1. The number of oxazole rings is 1. The molecule has 32 heavy (non-hydrogen) atoms. The Labute approximate surface area is 185 Å². The topological polar surface area (TPSA) is 93.8 Å². The van der Waals surface area contributed by atoms with Crippen LogP contribution in [0, 0.1) is 13.8 Å². The van der Waals surface area contributed by atoms with E-state index in [4.69, 9.17) is 9.15 Å². The lowest BCUT2D eigenvalue weighted by molar-refractivity contribution is -0.136. The van der Waals surface area contributed by atoms with Crippen molar-refractivity contribution in [2.24, 2.45) is 0 Å². The highest BCUT2D eigenvalue weighted by Crippen LogP contribution is 2.19. The van der Waals surface area contributed by atoms with Gasteiger partial charge in [0.2, 0.25) is 11.8 Å². The number of hydrogen-bond acceptors (Lipinski definition) is 5. The van der Waals surface area contributed by atoms with Crippen molar-refractivity contribution in [3.8, 4) is 0 Å². The summed E-state index contributed by atoms with van der Waals surface area (Å²) in [5.74, 6) is -1.24. The van der Waals surface area contributed by atoms with E-state index in [1.54, 1.807) is 24.3 Å². The van der Waals surface area contributed by atoms with E-state index in [0.29, 0.717) is 24.3 Å². The highest BCUT2D eigenvalue weighted by molar-refractivity contribution is 5.95. The summed E-state index contributed by atoms with van der Waals surface area (Å²) in [6.45, 7) is 4.52. The number of amides is 2. The Bertz CT molecular complexity index is 1190. The standard InChI is InChI=1S/C24H27N3O5/c1-16-7-5-9-19(17(16)2)25-22(28)14-26(13-18-8-6-12-31-18)23(29)15-27-20-10-3-4-11-21(20)32-24(27)30/h3-5,7,9-11,18H,6,8,12-15H2,1-2H3,(H,25,28)/t18-/m1/s1. The van der Waals surface area contributed by atoms with Gasteiger partial charge in [-0.1, -0.05) is 24.3 Å². The molecule has 0 radical (unpaired) electrons. The zero-order valence-electron chi connectivity index (χ0n) is 18.3. The lowest BCUT2D eigenvalue weighted by Crippen LogP contribution is -2.44. The molecular weight excluding hydrogens is 410 g/mol. The lowest BCUT2D eigenvalue weighted by Gasteiger charge is -2.25. The van der Waals surface area contributed by atoms with Crippen molar-refractivity contribution in [3.63, 3.8) is 0 Å². The Morgan fingerprint density at radius 1 is 1.16 bits per heavy atom. The van der Waals surface area contributed by atoms with Gasteiger partial charge in [-0.05, 0) is 56.0 Å². The van der Waals surface area contributed by atoms with Crippen LogP contribution in [-0.4, -0.2) is 47.1 Å². The molecular formula is C24H27N3O5. The van der Waals surface area contributed by atoms with Crippen LogP contribution in [0.25, 0.3) is 11.1 Å². The largest absolute Gasteiger partial charge is 0.420 e. The molecule has 0 bridgehead atoms. The Hall–Kier alpha value is -3.39. The Morgan fingerprint density at radius 2 is 1.97 bits per heavy atom. The van der Waals surface area contributed by atoms with Gasteiger partial charge in [0, 0.05) is 18.8 Å². The smallest absolute Gasteiger partial charge is 0.408 e. The Morgan fingerprint density at radius 3 is 2.75 bits per heavy atom. The van der Waals surface area contributed by atoms with Crippen LogP contribution in [0.3, 0.4) is 0 Å². The molecule has 1 atom stereocenters. The number of nitrogens with one attached hydrogen (secondary N) is 1. The van der Waals surface area contributed by atoms with Crippen molar-refractivity contribution in [2.75, 3.05) is 25.0 Å². The molecule has 1 aromatic heterocycles. The van der Waals surface area contributed by atoms with Gasteiger partial charge in [0.05, 0.1) is 11.6 Å². The van der Waals surface area contributed by atoms with Gasteiger partial charge in [-0.15, -0.1) is 0 Å². The maximum absolute atomic E-state index is 13.2. The van der Waals surface area contributed by atoms with Gasteiger partial charge in [-0.2, -0.15) is 0 Å². The van der Waals surface area contributed by atoms with E-state index in [9.17, 15) is 14.4 Å². The molecule has 1 fully saturated rings. The third kappa shape index (κ3) is 4.75. The second kappa shape index (κ2) is 9.40. The summed E-state index contributed by atoms with van der Waals surface area (Å²) in [5.41, 5.74) is 3.73. The monoisotopic (exact) mass is 437 g/mol. The van der Waals surface area contributed by atoms with Crippen LogP contribution in [0.5, 0.6) is 0 Å². The second-order valence-corrected chi connectivity index (χ2v) is 8.13. The van der Waals surface area contributed by atoms with Crippen LogP contribution in [0.4, 0.5) is 5.69 Å². The van der Waals surface area contributed by atoms with E-state index in [-0.39, 0.29) is 31.0 Å². The number of aromatic nitrogens is 1. The molecule has 0 aliphatic carbocycles. The van der Waals surface area contributed by atoms with Crippen molar-refractivity contribution in [1.82, 2.24) is 9.47 Å². The number of nitrogens with zero attached hydrogens (tertiary/aromatic N) is 2. The first-order valence-corrected chi connectivity index (χ1v) is 10.8. The number of carbonyl (C=O) groups is 2. The quantitative estimate of drug-likeness (QED) is 0.614. The average molecular weight is 437 g/mol. The van der Waals surface area contributed by atoms with Gasteiger partial charge in [-0.3, -0.25) is 14.2 Å². The van der Waals surface area contributed by atoms with E-state index in [1.165, 1.54) is 9.47 Å². The highest BCUT2D eigenvalue weighted by Gasteiger charge is 2.26. The number of para-hydroxylation sites is 2. The summed E-state index contributed by atoms with van der Waals surface area (Å²) in [4.78, 5) is 39.8. The zero-order chi connectivity index (χ0) is 22.7. The number of anilines is 1.